The van der Waals surface area contributed by atoms with Crippen molar-refractivity contribution in [2.24, 2.45) is 0 Å². The lowest BCUT2D eigenvalue weighted by Gasteiger charge is -2.02. The van der Waals surface area contributed by atoms with Gasteiger partial charge in [-0.2, -0.15) is 8.42 Å². The first-order valence-corrected chi connectivity index (χ1v) is 7.93. The Morgan fingerprint density at radius 3 is 2.22 bits per heavy atom. The van der Waals surface area contributed by atoms with Crippen molar-refractivity contribution in [3.05, 3.63) is 41.6 Å². The molecule has 1 N–H and O–H groups in total. The first kappa shape index (κ1) is 15.2. The van der Waals surface area contributed by atoms with Gasteiger partial charge in [0.05, 0.1) is 0 Å². The van der Waals surface area contributed by atoms with E-state index in [1.54, 1.807) is 0 Å². The molecule has 0 fully saturated rings. The summed E-state index contributed by atoms with van der Waals surface area (Å²) in [6.07, 6.45) is 6.85. The molecule has 4 heteroatoms. The molecule has 0 spiro atoms. The van der Waals surface area contributed by atoms with Crippen LogP contribution in [-0.2, 0) is 16.5 Å². The van der Waals surface area contributed by atoms with Gasteiger partial charge in [0.2, 0.25) is 0 Å². The van der Waals surface area contributed by atoms with Gasteiger partial charge in [-0.1, -0.05) is 56.0 Å². The molecule has 0 aliphatic rings. The maximum absolute atomic E-state index is 10.4. The Hall–Kier alpha value is -0.870. The number of benzene rings is 1. The van der Waals surface area contributed by atoms with Crippen LogP contribution < -0.4 is 0 Å². The summed E-state index contributed by atoms with van der Waals surface area (Å²) in [5.41, 5.74) is 1.37. The van der Waals surface area contributed by atoms with E-state index < -0.39 is 10.1 Å². The number of hydrogen-bond acceptors (Lipinski definition) is 2. The largest absolute Gasteiger partial charge is 0.285 e. The Labute approximate surface area is 110 Å². The van der Waals surface area contributed by atoms with Crippen LogP contribution in [0.15, 0.2) is 30.3 Å². The van der Waals surface area contributed by atoms with E-state index in [0.717, 1.165) is 31.4 Å². The highest BCUT2D eigenvalue weighted by Crippen LogP contribution is 2.11. The van der Waals surface area contributed by atoms with Gasteiger partial charge in [-0.3, -0.25) is 4.55 Å². The highest BCUT2D eigenvalue weighted by Gasteiger charge is 2.03. The Bertz CT molecular complexity index is 412. The summed E-state index contributed by atoms with van der Waals surface area (Å²) in [7, 11) is -3.88. The molecule has 1 radical (unpaired) electrons. The molecule has 18 heavy (non-hydrogen) atoms. The molecule has 0 unspecified atom stereocenters. The maximum atomic E-state index is 10.4. The van der Waals surface area contributed by atoms with Crippen molar-refractivity contribution >= 4 is 10.1 Å². The second-order valence-electron chi connectivity index (χ2n) is 4.47. The molecule has 0 atom stereocenters. The third kappa shape index (κ3) is 8.25. The number of hydrogen-bond donors (Lipinski definition) is 1. The first-order valence-electron chi connectivity index (χ1n) is 6.42. The van der Waals surface area contributed by atoms with Crippen LogP contribution in [-0.4, -0.2) is 13.0 Å². The van der Waals surface area contributed by atoms with Crippen LogP contribution >= 0.6 is 0 Å². The molecular formula is C14H21O3S. The molecule has 0 amide bonds. The smallest absolute Gasteiger partial charge is 0.269 e. The van der Waals surface area contributed by atoms with Crippen molar-refractivity contribution in [1.29, 1.82) is 0 Å². The Balaban J connectivity index is 1.93. The third-order valence-electron chi connectivity index (χ3n) is 2.84. The molecule has 0 saturated heterocycles. The van der Waals surface area contributed by atoms with Gasteiger partial charge in [-0.05, 0) is 24.8 Å². The van der Waals surface area contributed by atoms with E-state index in [1.165, 1.54) is 18.4 Å². The monoisotopic (exact) mass is 269 g/mol. The summed E-state index contributed by atoms with van der Waals surface area (Å²) < 4.78 is 29.3. The van der Waals surface area contributed by atoms with Gasteiger partial charge >= 0.3 is 0 Å². The van der Waals surface area contributed by atoms with Crippen LogP contribution in [0.5, 0.6) is 0 Å². The highest BCUT2D eigenvalue weighted by molar-refractivity contribution is 7.87. The van der Waals surface area contributed by atoms with Crippen molar-refractivity contribution in [2.45, 2.75) is 44.9 Å². The number of aryl methyl sites for hydroxylation is 1. The standard InChI is InChI=1S/C14H21O3S/c15-18(16,17)13-9-4-2-1-3-6-10-14-11-7-5-8-12-14/h5,7-8,11-13H,1-4,6,9-10H2,(H,15,16,17). The van der Waals surface area contributed by atoms with Gasteiger partial charge in [0.1, 0.15) is 5.75 Å². The number of unbranched alkanes of at least 4 members (excludes halogenated alkanes) is 5. The van der Waals surface area contributed by atoms with Crippen LogP contribution in [0.3, 0.4) is 0 Å². The summed E-state index contributed by atoms with van der Waals surface area (Å²) in [6.45, 7) is 0. The van der Waals surface area contributed by atoms with Crippen LogP contribution in [0.4, 0.5) is 0 Å². The van der Waals surface area contributed by atoms with Crippen LogP contribution in [0, 0.1) is 5.75 Å². The van der Waals surface area contributed by atoms with Crippen molar-refractivity contribution in [3.63, 3.8) is 0 Å². The lowest BCUT2D eigenvalue weighted by molar-refractivity contribution is 0.486. The lowest BCUT2D eigenvalue weighted by atomic mass is 10.1. The lowest BCUT2D eigenvalue weighted by Crippen LogP contribution is -1.96. The summed E-state index contributed by atoms with van der Waals surface area (Å²) in [4.78, 5) is 0. The summed E-state index contributed by atoms with van der Waals surface area (Å²) in [6, 6.07) is 10.4. The van der Waals surface area contributed by atoms with E-state index in [-0.39, 0.29) is 0 Å². The molecule has 0 aromatic heterocycles. The summed E-state index contributed by atoms with van der Waals surface area (Å²) in [5.74, 6) is 0.983. The number of rotatable bonds is 9. The molecule has 0 bridgehead atoms. The minimum atomic E-state index is -3.88. The van der Waals surface area contributed by atoms with Crippen molar-refractivity contribution in [1.82, 2.24) is 0 Å². The van der Waals surface area contributed by atoms with Crippen LogP contribution in [0.25, 0.3) is 0 Å². The minimum absolute atomic E-state index is 0.442. The van der Waals surface area contributed by atoms with E-state index in [9.17, 15) is 8.42 Å². The molecule has 1 aromatic carbocycles. The van der Waals surface area contributed by atoms with Crippen molar-refractivity contribution in [3.8, 4) is 0 Å². The first-order chi connectivity index (χ1) is 8.58. The molecule has 0 aliphatic carbocycles. The fraction of sp³-hybridized carbons (Fsp3) is 0.500. The van der Waals surface area contributed by atoms with E-state index in [4.69, 9.17) is 4.55 Å². The van der Waals surface area contributed by atoms with Gasteiger partial charge in [0.15, 0.2) is 0 Å². The molecule has 0 heterocycles. The molecule has 1 rings (SSSR count). The van der Waals surface area contributed by atoms with Crippen molar-refractivity contribution in [2.75, 3.05) is 0 Å². The third-order valence-corrected chi connectivity index (χ3v) is 3.50. The van der Waals surface area contributed by atoms with Crippen LogP contribution in [0.2, 0.25) is 0 Å². The molecule has 1 aromatic rings. The molecular weight excluding hydrogens is 248 g/mol. The van der Waals surface area contributed by atoms with E-state index in [1.807, 2.05) is 6.07 Å². The Morgan fingerprint density at radius 1 is 0.944 bits per heavy atom. The average Bonchev–Trinajstić information content (AvgIpc) is 2.32. The average molecular weight is 269 g/mol. The zero-order valence-electron chi connectivity index (χ0n) is 10.6. The van der Waals surface area contributed by atoms with E-state index in [0.29, 0.717) is 6.42 Å². The van der Waals surface area contributed by atoms with Crippen LogP contribution in [0.1, 0.15) is 44.1 Å². The summed E-state index contributed by atoms with van der Waals surface area (Å²) in [5, 5.41) is 0. The fourth-order valence-electron chi connectivity index (χ4n) is 1.88. The molecule has 3 nitrogen and oxygen atoms in total. The van der Waals surface area contributed by atoms with Gasteiger partial charge < -0.3 is 0 Å². The maximum Gasteiger partial charge on any atom is 0.269 e. The molecule has 0 aliphatic heterocycles. The van der Waals surface area contributed by atoms with E-state index >= 15 is 0 Å². The minimum Gasteiger partial charge on any atom is -0.285 e. The Kier molecular flexibility index (Phi) is 6.98. The molecule has 101 valence electrons. The molecule has 0 saturated carbocycles. The predicted molar refractivity (Wildman–Crippen MR) is 73.7 cm³/mol. The Morgan fingerprint density at radius 2 is 1.56 bits per heavy atom. The van der Waals surface area contributed by atoms with Gasteiger partial charge in [-0.15, -0.1) is 0 Å². The van der Waals surface area contributed by atoms with Gasteiger partial charge in [0.25, 0.3) is 10.1 Å². The SMILES string of the molecule is O=S(=O)(O)[CH]CCCCCCCc1ccccc1. The van der Waals surface area contributed by atoms with Gasteiger partial charge in [0, 0.05) is 0 Å². The zero-order chi connectivity index (χ0) is 13.3. The second-order valence-corrected chi connectivity index (χ2v) is 5.84. The summed E-state index contributed by atoms with van der Waals surface area (Å²) >= 11 is 0. The van der Waals surface area contributed by atoms with E-state index in [2.05, 4.69) is 24.3 Å². The topological polar surface area (TPSA) is 54.4 Å². The van der Waals surface area contributed by atoms with Crippen molar-refractivity contribution < 1.29 is 13.0 Å². The van der Waals surface area contributed by atoms with Gasteiger partial charge in [-0.25, -0.2) is 0 Å². The normalized spacial score (nSPS) is 11.6. The predicted octanol–water partition coefficient (Wildman–Crippen LogP) is 3.62. The zero-order valence-corrected chi connectivity index (χ0v) is 11.4. The second kappa shape index (κ2) is 8.27. The highest BCUT2D eigenvalue weighted by atomic mass is 32.2. The fourth-order valence-corrected chi connectivity index (χ4v) is 2.35. The quantitative estimate of drug-likeness (QED) is 0.550.